The van der Waals surface area contributed by atoms with E-state index in [0.29, 0.717) is 29.7 Å². The van der Waals surface area contributed by atoms with E-state index in [9.17, 15) is 9.18 Å². The van der Waals surface area contributed by atoms with Gasteiger partial charge in [0.25, 0.3) is 0 Å². The van der Waals surface area contributed by atoms with Crippen LogP contribution in [0.1, 0.15) is 18.4 Å². The van der Waals surface area contributed by atoms with Crippen LogP contribution in [-0.2, 0) is 11.3 Å². The number of nitrogens with zero attached hydrogens (tertiary/aromatic N) is 1. The largest absolute Gasteiger partial charge is 0.358 e. The molecule has 0 spiro atoms. The topological polar surface area (TPSA) is 44.4 Å². The van der Waals surface area contributed by atoms with Gasteiger partial charge in [0.1, 0.15) is 5.82 Å². The van der Waals surface area contributed by atoms with Crippen LogP contribution in [0, 0.1) is 5.82 Å². The van der Waals surface area contributed by atoms with E-state index in [-0.39, 0.29) is 11.7 Å². The van der Waals surface area contributed by atoms with Crippen LogP contribution in [0.3, 0.4) is 0 Å². The maximum atomic E-state index is 13.7. The van der Waals surface area contributed by atoms with Crippen LogP contribution >= 0.6 is 11.6 Å². The van der Waals surface area contributed by atoms with Crippen LogP contribution in [0.15, 0.2) is 18.2 Å². The molecule has 6 heteroatoms. The average Bonchev–Trinajstić information content (AvgIpc) is 2.48. The molecular formula is C15H21ClFN3O. The summed E-state index contributed by atoms with van der Waals surface area (Å²) in [4.78, 5) is 13.5. The summed E-state index contributed by atoms with van der Waals surface area (Å²) in [5.74, 6) is -0.230. The smallest absolute Gasteiger partial charge is 0.233 e. The minimum Gasteiger partial charge on any atom is -0.358 e. The molecule has 0 unspecified atom stereocenters. The standard InChI is InChI=1S/C15H21ClFN3O/c1-18-15(21)10-20-7-5-11(6-8-20)19-9-12-13(16)3-2-4-14(12)17/h2-4,11,19H,5-10H2,1H3,(H,18,21). The number of piperidine rings is 1. The summed E-state index contributed by atoms with van der Waals surface area (Å²) in [6, 6.07) is 5.07. The Balaban J connectivity index is 1.78. The average molecular weight is 314 g/mol. The van der Waals surface area contributed by atoms with Gasteiger partial charge < -0.3 is 10.6 Å². The Labute approximate surface area is 129 Å². The van der Waals surface area contributed by atoms with E-state index in [1.807, 2.05) is 0 Å². The van der Waals surface area contributed by atoms with Crippen molar-refractivity contribution in [2.24, 2.45) is 0 Å². The molecule has 1 aliphatic heterocycles. The summed E-state index contributed by atoms with van der Waals surface area (Å²) in [5, 5.41) is 6.44. The van der Waals surface area contributed by atoms with Crippen molar-refractivity contribution in [3.8, 4) is 0 Å². The van der Waals surface area contributed by atoms with Crippen molar-refractivity contribution in [2.45, 2.75) is 25.4 Å². The molecule has 2 N–H and O–H groups in total. The second kappa shape index (κ2) is 7.73. The molecule has 1 fully saturated rings. The van der Waals surface area contributed by atoms with Gasteiger partial charge in [-0.2, -0.15) is 0 Å². The second-order valence-corrected chi connectivity index (χ2v) is 5.71. The summed E-state index contributed by atoms with van der Waals surface area (Å²) < 4.78 is 13.7. The maximum Gasteiger partial charge on any atom is 0.233 e. The lowest BCUT2D eigenvalue weighted by Crippen LogP contribution is -2.45. The van der Waals surface area contributed by atoms with Gasteiger partial charge in [-0.1, -0.05) is 17.7 Å². The van der Waals surface area contributed by atoms with E-state index >= 15 is 0 Å². The minimum atomic E-state index is -0.271. The Hall–Kier alpha value is -1.17. The first-order valence-electron chi connectivity index (χ1n) is 7.19. The molecule has 116 valence electrons. The quantitative estimate of drug-likeness (QED) is 0.871. The van der Waals surface area contributed by atoms with E-state index in [1.54, 1.807) is 19.2 Å². The maximum absolute atomic E-state index is 13.7. The Morgan fingerprint density at radius 3 is 2.76 bits per heavy atom. The van der Waals surface area contributed by atoms with Crippen LogP contribution < -0.4 is 10.6 Å². The number of amides is 1. The van der Waals surface area contributed by atoms with E-state index in [4.69, 9.17) is 11.6 Å². The summed E-state index contributed by atoms with van der Waals surface area (Å²) in [7, 11) is 1.65. The highest BCUT2D eigenvalue weighted by molar-refractivity contribution is 6.31. The number of benzene rings is 1. The zero-order chi connectivity index (χ0) is 15.2. The number of carbonyl (C=O) groups excluding carboxylic acids is 1. The fourth-order valence-electron chi connectivity index (χ4n) is 2.52. The van der Waals surface area contributed by atoms with Gasteiger partial charge in [0.15, 0.2) is 0 Å². The highest BCUT2D eigenvalue weighted by Gasteiger charge is 2.20. The third-order valence-electron chi connectivity index (χ3n) is 3.86. The Morgan fingerprint density at radius 1 is 1.43 bits per heavy atom. The molecule has 0 saturated carbocycles. The summed E-state index contributed by atoms with van der Waals surface area (Å²) in [6.07, 6.45) is 1.89. The molecule has 0 aromatic heterocycles. The number of carbonyl (C=O) groups is 1. The molecule has 1 saturated heterocycles. The van der Waals surface area contributed by atoms with Gasteiger partial charge in [-0.05, 0) is 25.0 Å². The van der Waals surface area contributed by atoms with Gasteiger partial charge >= 0.3 is 0 Å². The third kappa shape index (κ3) is 4.66. The van der Waals surface area contributed by atoms with E-state index in [1.165, 1.54) is 6.07 Å². The lowest BCUT2D eigenvalue weighted by molar-refractivity contribution is -0.122. The Morgan fingerprint density at radius 2 is 2.14 bits per heavy atom. The van der Waals surface area contributed by atoms with Crippen molar-refractivity contribution < 1.29 is 9.18 Å². The predicted octanol–water partition coefficient (Wildman–Crippen LogP) is 1.78. The molecule has 2 rings (SSSR count). The van der Waals surface area contributed by atoms with Crippen LogP contribution in [0.25, 0.3) is 0 Å². The molecule has 0 radical (unpaired) electrons. The number of hydrogen-bond donors (Lipinski definition) is 2. The molecule has 0 aliphatic carbocycles. The van der Waals surface area contributed by atoms with Crippen molar-refractivity contribution in [1.29, 1.82) is 0 Å². The SMILES string of the molecule is CNC(=O)CN1CCC(NCc2c(F)cccc2Cl)CC1. The third-order valence-corrected chi connectivity index (χ3v) is 4.22. The Bertz CT molecular complexity index is 470. The summed E-state index contributed by atoms with van der Waals surface area (Å²) in [5.41, 5.74) is 0.520. The van der Waals surface area contributed by atoms with Crippen LogP contribution in [0.5, 0.6) is 0 Å². The van der Waals surface area contributed by atoms with Crippen molar-refractivity contribution in [1.82, 2.24) is 15.5 Å². The number of likely N-dealkylation sites (N-methyl/N-ethyl adjacent to an activating group) is 1. The van der Waals surface area contributed by atoms with Gasteiger partial charge in [0.05, 0.1) is 6.54 Å². The molecule has 0 atom stereocenters. The number of halogens is 2. The van der Waals surface area contributed by atoms with Gasteiger partial charge in [-0.25, -0.2) is 4.39 Å². The fraction of sp³-hybridized carbons (Fsp3) is 0.533. The van der Waals surface area contributed by atoms with Gasteiger partial charge in [-0.15, -0.1) is 0 Å². The van der Waals surface area contributed by atoms with Gasteiger partial charge in [-0.3, -0.25) is 9.69 Å². The molecule has 21 heavy (non-hydrogen) atoms. The molecular weight excluding hydrogens is 293 g/mol. The minimum absolute atomic E-state index is 0.0412. The molecule has 0 bridgehead atoms. The number of nitrogens with one attached hydrogen (secondary N) is 2. The van der Waals surface area contributed by atoms with Crippen LogP contribution in [-0.4, -0.2) is 43.5 Å². The lowest BCUT2D eigenvalue weighted by atomic mass is 10.0. The lowest BCUT2D eigenvalue weighted by Gasteiger charge is -2.32. The number of hydrogen-bond acceptors (Lipinski definition) is 3. The van der Waals surface area contributed by atoms with Crippen molar-refractivity contribution in [3.05, 3.63) is 34.6 Å². The van der Waals surface area contributed by atoms with Crippen molar-refractivity contribution in [3.63, 3.8) is 0 Å². The first-order chi connectivity index (χ1) is 10.1. The van der Waals surface area contributed by atoms with Crippen molar-refractivity contribution >= 4 is 17.5 Å². The predicted molar refractivity (Wildman–Crippen MR) is 81.8 cm³/mol. The van der Waals surface area contributed by atoms with Gasteiger partial charge in [0.2, 0.25) is 5.91 Å². The zero-order valence-corrected chi connectivity index (χ0v) is 12.9. The molecule has 1 amide bonds. The second-order valence-electron chi connectivity index (χ2n) is 5.30. The van der Waals surface area contributed by atoms with Crippen molar-refractivity contribution in [2.75, 3.05) is 26.7 Å². The van der Waals surface area contributed by atoms with E-state index < -0.39 is 0 Å². The monoisotopic (exact) mass is 313 g/mol. The number of likely N-dealkylation sites (tertiary alicyclic amines) is 1. The number of rotatable bonds is 5. The summed E-state index contributed by atoms with van der Waals surface area (Å²) >= 11 is 6.01. The van der Waals surface area contributed by atoms with Crippen LogP contribution in [0.4, 0.5) is 4.39 Å². The molecule has 1 aliphatic rings. The fourth-order valence-corrected chi connectivity index (χ4v) is 2.75. The first kappa shape index (κ1) is 16.2. The normalized spacial score (nSPS) is 16.9. The Kier molecular flexibility index (Phi) is 5.96. The van der Waals surface area contributed by atoms with E-state index in [2.05, 4.69) is 15.5 Å². The molecule has 1 heterocycles. The molecule has 1 aromatic carbocycles. The van der Waals surface area contributed by atoms with Gasteiger partial charge in [0, 0.05) is 43.3 Å². The summed E-state index contributed by atoms with van der Waals surface area (Å²) in [6.45, 7) is 2.63. The highest BCUT2D eigenvalue weighted by atomic mass is 35.5. The first-order valence-corrected chi connectivity index (χ1v) is 7.57. The zero-order valence-electron chi connectivity index (χ0n) is 12.2. The molecule has 4 nitrogen and oxygen atoms in total. The van der Waals surface area contributed by atoms with Crippen LogP contribution in [0.2, 0.25) is 5.02 Å². The highest BCUT2D eigenvalue weighted by Crippen LogP contribution is 2.19. The van der Waals surface area contributed by atoms with E-state index in [0.717, 1.165) is 25.9 Å². The molecule has 1 aromatic rings.